The summed E-state index contributed by atoms with van der Waals surface area (Å²) >= 11 is 6.20. The van der Waals surface area contributed by atoms with Gasteiger partial charge >= 0.3 is 0 Å². The molecule has 0 aliphatic rings. The summed E-state index contributed by atoms with van der Waals surface area (Å²) in [4.78, 5) is 0. The van der Waals surface area contributed by atoms with Crippen molar-refractivity contribution in [1.29, 1.82) is 0 Å². The lowest BCUT2D eigenvalue weighted by Crippen LogP contribution is -2.14. The van der Waals surface area contributed by atoms with Crippen molar-refractivity contribution >= 4 is 17.3 Å². The number of unbranched alkanes of at least 4 members (excludes halogenated alkanes) is 1. The Labute approximate surface area is 111 Å². The minimum Gasteiger partial charge on any atom is -0.383 e. The van der Waals surface area contributed by atoms with E-state index in [0.717, 1.165) is 23.2 Å². The average molecular weight is 254 g/mol. The van der Waals surface area contributed by atoms with Crippen LogP contribution in [0.5, 0.6) is 0 Å². The van der Waals surface area contributed by atoms with Crippen LogP contribution in [0.4, 0.5) is 5.69 Å². The fraction of sp³-hybridized carbons (Fsp3) is 0.600. The van der Waals surface area contributed by atoms with E-state index >= 15 is 0 Å². The predicted molar refractivity (Wildman–Crippen MR) is 78.0 cm³/mol. The largest absolute Gasteiger partial charge is 0.383 e. The average Bonchev–Trinajstić information content (AvgIpc) is 2.32. The zero-order valence-electron chi connectivity index (χ0n) is 11.2. The van der Waals surface area contributed by atoms with Crippen molar-refractivity contribution in [3.8, 4) is 0 Å². The van der Waals surface area contributed by atoms with E-state index < -0.39 is 0 Å². The van der Waals surface area contributed by atoms with Gasteiger partial charge in [0.05, 0.1) is 10.7 Å². The highest BCUT2D eigenvalue weighted by Crippen LogP contribution is 2.26. The van der Waals surface area contributed by atoms with E-state index in [1.165, 1.54) is 31.2 Å². The molecule has 0 fully saturated rings. The zero-order valence-corrected chi connectivity index (χ0v) is 12.0. The number of hydrogen-bond acceptors (Lipinski definition) is 1. The minimum atomic E-state index is 0.755. The highest BCUT2D eigenvalue weighted by atomic mass is 35.5. The molecule has 96 valence electrons. The van der Waals surface area contributed by atoms with Gasteiger partial charge in [-0.25, -0.2) is 0 Å². The zero-order chi connectivity index (χ0) is 12.7. The van der Waals surface area contributed by atoms with Crippen LogP contribution < -0.4 is 5.32 Å². The smallest absolute Gasteiger partial charge is 0.0640 e. The fourth-order valence-corrected chi connectivity index (χ4v) is 2.33. The third-order valence-electron chi connectivity index (χ3n) is 3.33. The van der Waals surface area contributed by atoms with E-state index in [1.54, 1.807) is 0 Å². The maximum absolute atomic E-state index is 6.20. The van der Waals surface area contributed by atoms with Gasteiger partial charge in [0.2, 0.25) is 0 Å². The van der Waals surface area contributed by atoms with Gasteiger partial charge in [-0.2, -0.15) is 0 Å². The summed E-state index contributed by atoms with van der Waals surface area (Å²) in [5.41, 5.74) is 2.33. The van der Waals surface area contributed by atoms with Gasteiger partial charge in [0, 0.05) is 6.54 Å². The molecule has 1 aromatic rings. The Morgan fingerprint density at radius 1 is 1.29 bits per heavy atom. The van der Waals surface area contributed by atoms with Crippen molar-refractivity contribution in [2.45, 2.75) is 46.5 Å². The van der Waals surface area contributed by atoms with Gasteiger partial charge in [0.15, 0.2) is 0 Å². The lowest BCUT2D eigenvalue weighted by Gasteiger charge is -2.18. The summed E-state index contributed by atoms with van der Waals surface area (Å²) in [6, 6.07) is 6.04. The number of aryl methyl sites for hydroxylation is 1. The Bertz CT molecular complexity index is 315. The molecule has 0 spiro atoms. The topological polar surface area (TPSA) is 12.0 Å². The Hall–Kier alpha value is -0.690. The Morgan fingerprint density at radius 2 is 2.06 bits per heavy atom. The van der Waals surface area contributed by atoms with Crippen LogP contribution in [0.25, 0.3) is 0 Å². The van der Waals surface area contributed by atoms with Crippen LogP contribution in [0.3, 0.4) is 0 Å². The predicted octanol–water partition coefficient (Wildman–Crippen LogP) is 5.28. The Kier molecular flexibility index (Phi) is 6.43. The number of halogens is 1. The first kappa shape index (κ1) is 14.4. The van der Waals surface area contributed by atoms with Crippen LogP contribution in [0.2, 0.25) is 5.02 Å². The molecule has 0 radical (unpaired) electrons. The molecule has 1 aromatic carbocycles. The van der Waals surface area contributed by atoms with Crippen LogP contribution in [0.1, 0.15) is 45.1 Å². The Morgan fingerprint density at radius 3 is 2.65 bits per heavy atom. The summed E-state index contributed by atoms with van der Waals surface area (Å²) < 4.78 is 0. The van der Waals surface area contributed by atoms with Crippen molar-refractivity contribution in [2.75, 3.05) is 11.9 Å². The first-order valence-corrected chi connectivity index (χ1v) is 7.05. The van der Waals surface area contributed by atoms with Gasteiger partial charge in [-0.3, -0.25) is 0 Å². The second-order valence-electron chi connectivity index (χ2n) is 4.73. The van der Waals surface area contributed by atoms with Crippen molar-refractivity contribution in [1.82, 2.24) is 0 Å². The quantitative estimate of drug-likeness (QED) is 0.697. The normalized spacial score (nSPS) is 12.5. The van der Waals surface area contributed by atoms with Gasteiger partial charge in [-0.15, -0.1) is 0 Å². The number of hydrogen-bond donors (Lipinski definition) is 1. The van der Waals surface area contributed by atoms with Crippen LogP contribution >= 0.6 is 11.6 Å². The lowest BCUT2D eigenvalue weighted by molar-refractivity contribution is 0.473. The van der Waals surface area contributed by atoms with E-state index in [2.05, 4.69) is 32.2 Å². The number of nitrogens with one attached hydrogen (secondary N) is 1. The van der Waals surface area contributed by atoms with E-state index in [4.69, 9.17) is 11.6 Å². The maximum Gasteiger partial charge on any atom is 0.0640 e. The summed E-state index contributed by atoms with van der Waals surface area (Å²) in [5, 5.41) is 4.34. The second kappa shape index (κ2) is 7.60. The van der Waals surface area contributed by atoms with Gasteiger partial charge in [-0.05, 0) is 30.9 Å². The molecule has 0 amide bonds. The molecule has 1 atom stereocenters. The molecule has 0 aliphatic carbocycles. The fourth-order valence-electron chi connectivity index (χ4n) is 2.05. The number of anilines is 1. The minimum absolute atomic E-state index is 0.755. The SMILES string of the molecule is CCCCC(CC)CNc1c(C)cccc1Cl. The van der Waals surface area contributed by atoms with E-state index in [9.17, 15) is 0 Å². The molecule has 1 unspecified atom stereocenters. The lowest BCUT2D eigenvalue weighted by atomic mass is 9.99. The van der Waals surface area contributed by atoms with Gasteiger partial charge in [0.25, 0.3) is 0 Å². The van der Waals surface area contributed by atoms with Crippen LogP contribution in [0.15, 0.2) is 18.2 Å². The van der Waals surface area contributed by atoms with Crippen molar-refractivity contribution in [3.63, 3.8) is 0 Å². The highest BCUT2D eigenvalue weighted by Gasteiger charge is 2.08. The highest BCUT2D eigenvalue weighted by molar-refractivity contribution is 6.33. The molecule has 1 nitrogen and oxygen atoms in total. The summed E-state index contributed by atoms with van der Waals surface area (Å²) in [6.45, 7) is 7.64. The standard InChI is InChI=1S/C15H24ClN/c1-4-6-9-13(5-2)11-17-15-12(3)8-7-10-14(15)16/h7-8,10,13,17H,4-6,9,11H2,1-3H3. The number of para-hydroxylation sites is 1. The third-order valence-corrected chi connectivity index (χ3v) is 3.65. The van der Waals surface area contributed by atoms with Crippen molar-refractivity contribution in [3.05, 3.63) is 28.8 Å². The van der Waals surface area contributed by atoms with E-state index in [0.29, 0.717) is 0 Å². The molecular formula is C15H24ClN. The first-order chi connectivity index (χ1) is 8.19. The molecule has 17 heavy (non-hydrogen) atoms. The van der Waals surface area contributed by atoms with Gasteiger partial charge in [0.1, 0.15) is 0 Å². The summed E-state index contributed by atoms with van der Waals surface area (Å²) in [6.07, 6.45) is 5.14. The molecule has 0 saturated carbocycles. The van der Waals surface area contributed by atoms with Gasteiger partial charge in [-0.1, -0.05) is 56.8 Å². The molecule has 2 heteroatoms. The van der Waals surface area contributed by atoms with Crippen LogP contribution in [-0.4, -0.2) is 6.54 Å². The number of rotatable bonds is 7. The van der Waals surface area contributed by atoms with Crippen LogP contribution in [0, 0.1) is 12.8 Å². The van der Waals surface area contributed by atoms with E-state index in [1.807, 2.05) is 12.1 Å². The summed E-state index contributed by atoms with van der Waals surface area (Å²) in [5.74, 6) is 0.755. The molecule has 0 aromatic heterocycles. The molecule has 1 N–H and O–H groups in total. The van der Waals surface area contributed by atoms with Gasteiger partial charge < -0.3 is 5.32 Å². The first-order valence-electron chi connectivity index (χ1n) is 6.68. The molecule has 0 bridgehead atoms. The molecule has 1 rings (SSSR count). The Balaban J connectivity index is 2.53. The van der Waals surface area contributed by atoms with E-state index in [-0.39, 0.29) is 0 Å². The molecule has 0 saturated heterocycles. The van der Waals surface area contributed by atoms with Crippen LogP contribution in [-0.2, 0) is 0 Å². The van der Waals surface area contributed by atoms with Crippen molar-refractivity contribution in [2.24, 2.45) is 5.92 Å². The monoisotopic (exact) mass is 253 g/mol. The molecule has 0 heterocycles. The second-order valence-corrected chi connectivity index (χ2v) is 5.14. The third kappa shape index (κ3) is 4.59. The maximum atomic E-state index is 6.20. The number of benzene rings is 1. The van der Waals surface area contributed by atoms with Crippen molar-refractivity contribution < 1.29 is 0 Å². The molecule has 0 aliphatic heterocycles. The molecular weight excluding hydrogens is 230 g/mol. The summed E-state index contributed by atoms with van der Waals surface area (Å²) in [7, 11) is 0.